The van der Waals surface area contributed by atoms with Crippen LogP contribution < -0.4 is 0 Å². The van der Waals surface area contributed by atoms with Gasteiger partial charge in [-0.1, -0.05) is 74.5 Å². The van der Waals surface area contributed by atoms with Gasteiger partial charge in [0.15, 0.2) is 0 Å². The molecule has 0 aromatic heterocycles. The molecule has 126 valence electrons. The van der Waals surface area contributed by atoms with Crippen molar-refractivity contribution in [1.82, 2.24) is 4.90 Å². The van der Waals surface area contributed by atoms with E-state index in [2.05, 4.69) is 25.8 Å². The first-order valence-electron chi connectivity index (χ1n) is 8.11. The molecule has 0 aliphatic rings. The summed E-state index contributed by atoms with van der Waals surface area (Å²) >= 11 is 0. The fourth-order valence-electron chi connectivity index (χ4n) is 3.19. The molecule has 0 fully saturated rings. The Morgan fingerprint density at radius 2 is 1.39 bits per heavy atom. The quantitative estimate of drug-likeness (QED) is 0.768. The Labute approximate surface area is 150 Å². The molecule has 2 aromatic rings. The highest BCUT2D eigenvalue weighted by Gasteiger charge is 2.37. The minimum Gasteiger partial charge on any atom is -0.380 e. The third kappa shape index (κ3) is 4.66. The fraction of sp³-hybridized carbons (Fsp3) is 0.400. The van der Waals surface area contributed by atoms with Crippen LogP contribution >= 0.6 is 17.0 Å². The van der Waals surface area contributed by atoms with Gasteiger partial charge in [-0.3, -0.25) is 0 Å². The standard InChI is InChI=1S/C20H27NO.BrH/c1-4-15-21(3)16-17(2)20(22,18-11-7-5-8-12-18)19-13-9-6-10-14-19;/h5-14,17,22H,4,15-16H2,1-3H3;1H. The van der Waals surface area contributed by atoms with E-state index >= 15 is 0 Å². The Bertz CT molecular complexity index is 519. The van der Waals surface area contributed by atoms with Crippen LogP contribution in [0.2, 0.25) is 0 Å². The van der Waals surface area contributed by atoms with Crippen molar-refractivity contribution in [2.75, 3.05) is 20.1 Å². The van der Waals surface area contributed by atoms with Crippen LogP contribution in [-0.2, 0) is 5.60 Å². The summed E-state index contributed by atoms with van der Waals surface area (Å²) in [5.41, 5.74) is 0.946. The Morgan fingerprint density at radius 1 is 0.957 bits per heavy atom. The highest BCUT2D eigenvalue weighted by atomic mass is 79.9. The maximum Gasteiger partial charge on any atom is 0.118 e. The molecule has 0 bridgehead atoms. The summed E-state index contributed by atoms with van der Waals surface area (Å²) in [5.74, 6) is 0.0915. The SMILES string of the molecule is Br.CCCN(C)CC(C)C(O)(c1ccccc1)c1ccccc1. The molecule has 2 aromatic carbocycles. The molecular weight excluding hydrogens is 350 g/mol. The number of aliphatic hydroxyl groups is 1. The van der Waals surface area contributed by atoms with E-state index in [1.807, 2.05) is 60.7 Å². The zero-order valence-electron chi connectivity index (χ0n) is 14.3. The molecule has 0 saturated heterocycles. The van der Waals surface area contributed by atoms with E-state index in [0.717, 1.165) is 30.6 Å². The van der Waals surface area contributed by atoms with E-state index in [0.29, 0.717) is 0 Å². The molecule has 0 spiro atoms. The molecule has 2 rings (SSSR count). The lowest BCUT2D eigenvalue weighted by Gasteiger charge is -2.37. The Morgan fingerprint density at radius 3 is 1.78 bits per heavy atom. The predicted octanol–water partition coefficient (Wildman–Crippen LogP) is 4.48. The van der Waals surface area contributed by atoms with Crippen LogP contribution in [-0.4, -0.2) is 30.1 Å². The molecule has 0 heterocycles. The number of hydrogen-bond donors (Lipinski definition) is 1. The molecule has 23 heavy (non-hydrogen) atoms. The highest BCUT2D eigenvalue weighted by Crippen LogP contribution is 2.37. The van der Waals surface area contributed by atoms with Gasteiger partial charge in [0.1, 0.15) is 5.60 Å². The van der Waals surface area contributed by atoms with Gasteiger partial charge in [0.2, 0.25) is 0 Å². The first kappa shape index (κ1) is 19.9. The van der Waals surface area contributed by atoms with E-state index in [1.165, 1.54) is 0 Å². The first-order chi connectivity index (χ1) is 10.6. The average Bonchev–Trinajstić information content (AvgIpc) is 2.55. The number of nitrogens with zero attached hydrogens (tertiary/aromatic N) is 1. The third-order valence-electron chi connectivity index (χ3n) is 4.33. The summed E-state index contributed by atoms with van der Waals surface area (Å²) in [5, 5.41) is 11.6. The van der Waals surface area contributed by atoms with Crippen molar-refractivity contribution in [2.24, 2.45) is 5.92 Å². The summed E-state index contributed by atoms with van der Waals surface area (Å²) in [7, 11) is 2.12. The van der Waals surface area contributed by atoms with Crippen molar-refractivity contribution in [3.05, 3.63) is 71.8 Å². The van der Waals surface area contributed by atoms with Crippen LogP contribution in [0.15, 0.2) is 60.7 Å². The molecule has 1 atom stereocenters. The Balaban J connectivity index is 0.00000264. The van der Waals surface area contributed by atoms with E-state index in [9.17, 15) is 5.11 Å². The number of rotatable bonds is 7. The molecule has 3 heteroatoms. The summed E-state index contributed by atoms with van der Waals surface area (Å²) in [6, 6.07) is 20.0. The summed E-state index contributed by atoms with van der Waals surface area (Å²) < 4.78 is 0. The van der Waals surface area contributed by atoms with Gasteiger partial charge in [-0.15, -0.1) is 17.0 Å². The maximum atomic E-state index is 11.6. The monoisotopic (exact) mass is 377 g/mol. The van der Waals surface area contributed by atoms with Crippen molar-refractivity contribution in [1.29, 1.82) is 0 Å². The van der Waals surface area contributed by atoms with Gasteiger partial charge in [-0.05, 0) is 31.1 Å². The average molecular weight is 378 g/mol. The van der Waals surface area contributed by atoms with Crippen LogP contribution in [0.3, 0.4) is 0 Å². The Hall–Kier alpha value is -1.16. The molecule has 0 aliphatic carbocycles. The van der Waals surface area contributed by atoms with Gasteiger partial charge in [0.05, 0.1) is 0 Å². The van der Waals surface area contributed by atoms with E-state index in [1.54, 1.807) is 0 Å². The third-order valence-corrected chi connectivity index (χ3v) is 4.33. The van der Waals surface area contributed by atoms with E-state index in [-0.39, 0.29) is 22.9 Å². The van der Waals surface area contributed by atoms with Crippen molar-refractivity contribution in [3.63, 3.8) is 0 Å². The lowest BCUT2D eigenvalue weighted by Crippen LogP contribution is -2.41. The molecule has 0 radical (unpaired) electrons. The second-order valence-electron chi connectivity index (χ2n) is 6.16. The van der Waals surface area contributed by atoms with Crippen LogP contribution in [0.5, 0.6) is 0 Å². The largest absolute Gasteiger partial charge is 0.380 e. The molecule has 1 N–H and O–H groups in total. The van der Waals surface area contributed by atoms with Crippen molar-refractivity contribution >= 4 is 17.0 Å². The zero-order chi connectivity index (χ0) is 16.0. The number of benzene rings is 2. The zero-order valence-corrected chi connectivity index (χ0v) is 16.0. The normalized spacial score (nSPS) is 12.7. The fourth-order valence-corrected chi connectivity index (χ4v) is 3.19. The van der Waals surface area contributed by atoms with Crippen molar-refractivity contribution in [2.45, 2.75) is 25.9 Å². The van der Waals surface area contributed by atoms with Crippen molar-refractivity contribution < 1.29 is 5.11 Å². The van der Waals surface area contributed by atoms with Crippen LogP contribution in [0.1, 0.15) is 31.4 Å². The smallest absolute Gasteiger partial charge is 0.118 e. The summed E-state index contributed by atoms with van der Waals surface area (Å²) in [6.45, 7) is 6.21. The molecule has 2 nitrogen and oxygen atoms in total. The minimum absolute atomic E-state index is 0. The molecular formula is C20H28BrNO. The second kappa shape index (κ2) is 9.21. The minimum atomic E-state index is -0.968. The van der Waals surface area contributed by atoms with Gasteiger partial charge in [-0.2, -0.15) is 0 Å². The van der Waals surface area contributed by atoms with Crippen molar-refractivity contribution in [3.8, 4) is 0 Å². The van der Waals surface area contributed by atoms with E-state index in [4.69, 9.17) is 0 Å². The van der Waals surface area contributed by atoms with Gasteiger partial charge in [-0.25, -0.2) is 0 Å². The molecule has 0 aliphatic heterocycles. The molecule has 0 amide bonds. The predicted molar refractivity (Wildman–Crippen MR) is 103 cm³/mol. The van der Waals surface area contributed by atoms with Gasteiger partial charge in [0, 0.05) is 12.5 Å². The lowest BCUT2D eigenvalue weighted by molar-refractivity contribution is 0.0107. The topological polar surface area (TPSA) is 23.5 Å². The maximum absolute atomic E-state index is 11.6. The van der Waals surface area contributed by atoms with E-state index < -0.39 is 5.60 Å². The van der Waals surface area contributed by atoms with Crippen LogP contribution in [0.25, 0.3) is 0 Å². The first-order valence-corrected chi connectivity index (χ1v) is 8.11. The second-order valence-corrected chi connectivity index (χ2v) is 6.16. The summed E-state index contributed by atoms with van der Waals surface area (Å²) in [4.78, 5) is 2.29. The summed E-state index contributed by atoms with van der Waals surface area (Å²) in [6.07, 6.45) is 1.12. The number of hydrogen-bond acceptors (Lipinski definition) is 2. The Kier molecular flexibility index (Phi) is 7.97. The lowest BCUT2D eigenvalue weighted by atomic mass is 9.76. The van der Waals surface area contributed by atoms with Gasteiger partial charge < -0.3 is 10.0 Å². The van der Waals surface area contributed by atoms with Gasteiger partial charge in [0.25, 0.3) is 0 Å². The highest BCUT2D eigenvalue weighted by molar-refractivity contribution is 8.93. The van der Waals surface area contributed by atoms with Crippen LogP contribution in [0, 0.1) is 5.92 Å². The van der Waals surface area contributed by atoms with Gasteiger partial charge >= 0.3 is 0 Å². The number of halogens is 1. The van der Waals surface area contributed by atoms with Crippen LogP contribution in [0.4, 0.5) is 0 Å². The molecule has 0 saturated carbocycles. The molecule has 1 unspecified atom stereocenters.